The number of amides is 1. The number of rotatable bonds is 3. The zero-order valence-electron chi connectivity index (χ0n) is 12.5. The first-order valence-electron chi connectivity index (χ1n) is 7.55. The topological polar surface area (TPSA) is 66.5 Å². The Hall–Kier alpha value is -0.620. The van der Waals surface area contributed by atoms with E-state index in [4.69, 9.17) is 0 Å². The number of carbonyl (C=O) groups excluding carboxylic acids is 1. The van der Waals surface area contributed by atoms with E-state index >= 15 is 0 Å². The summed E-state index contributed by atoms with van der Waals surface area (Å²) < 4.78 is 23.9. The highest BCUT2D eigenvalue weighted by atomic mass is 32.2. The Kier molecular flexibility index (Phi) is 4.74. The second kappa shape index (κ2) is 6.02. The van der Waals surface area contributed by atoms with Gasteiger partial charge in [-0.15, -0.1) is 0 Å². The molecule has 5 nitrogen and oxygen atoms in total. The van der Waals surface area contributed by atoms with Crippen molar-refractivity contribution < 1.29 is 13.2 Å². The summed E-state index contributed by atoms with van der Waals surface area (Å²) in [5, 5.41) is 3.08. The summed E-state index contributed by atoms with van der Waals surface area (Å²) in [4.78, 5) is 14.1. The van der Waals surface area contributed by atoms with Gasteiger partial charge in [-0.25, -0.2) is 8.42 Å². The average molecular weight is 302 g/mol. The number of nitrogens with one attached hydrogen (secondary N) is 1. The summed E-state index contributed by atoms with van der Waals surface area (Å²) >= 11 is 0. The van der Waals surface area contributed by atoms with Crippen LogP contribution in [0.4, 0.5) is 0 Å². The molecule has 2 saturated heterocycles. The van der Waals surface area contributed by atoms with Crippen LogP contribution in [0.2, 0.25) is 0 Å². The van der Waals surface area contributed by atoms with E-state index in [-0.39, 0.29) is 16.7 Å². The number of hydrogen-bond acceptors (Lipinski definition) is 4. The number of hydrogen-bond donors (Lipinski definition) is 1. The third-order valence-corrected chi connectivity index (χ3v) is 6.66. The van der Waals surface area contributed by atoms with Gasteiger partial charge < -0.3 is 10.2 Å². The third-order valence-electron chi connectivity index (χ3n) is 4.32. The number of piperazine rings is 1. The SMILES string of the molecule is CC1(C)CN(C(=O)CCC2CCCCS2(=O)=O)CCN1. The highest BCUT2D eigenvalue weighted by molar-refractivity contribution is 7.92. The fraction of sp³-hybridized carbons (Fsp3) is 0.929. The lowest BCUT2D eigenvalue weighted by Crippen LogP contribution is -2.58. The van der Waals surface area contributed by atoms with Gasteiger partial charge in [0.05, 0.1) is 11.0 Å². The van der Waals surface area contributed by atoms with E-state index in [2.05, 4.69) is 19.2 Å². The van der Waals surface area contributed by atoms with Gasteiger partial charge in [0, 0.05) is 31.6 Å². The number of sulfone groups is 1. The maximum Gasteiger partial charge on any atom is 0.222 e. The largest absolute Gasteiger partial charge is 0.340 e. The Morgan fingerprint density at radius 3 is 2.75 bits per heavy atom. The minimum atomic E-state index is -2.96. The summed E-state index contributed by atoms with van der Waals surface area (Å²) in [5.74, 6) is 0.396. The van der Waals surface area contributed by atoms with Crippen LogP contribution in [0.3, 0.4) is 0 Å². The fourth-order valence-electron chi connectivity index (χ4n) is 3.14. The molecule has 1 unspecified atom stereocenters. The van der Waals surface area contributed by atoms with Crippen molar-refractivity contribution in [3.63, 3.8) is 0 Å². The van der Waals surface area contributed by atoms with Crippen molar-refractivity contribution in [1.82, 2.24) is 10.2 Å². The summed E-state index contributed by atoms with van der Waals surface area (Å²) in [5.41, 5.74) is -0.0508. The molecule has 0 spiro atoms. The molecule has 20 heavy (non-hydrogen) atoms. The average Bonchev–Trinajstić information content (AvgIpc) is 2.35. The lowest BCUT2D eigenvalue weighted by atomic mass is 10.0. The van der Waals surface area contributed by atoms with Crippen molar-refractivity contribution in [3.05, 3.63) is 0 Å². The van der Waals surface area contributed by atoms with Gasteiger partial charge in [-0.1, -0.05) is 6.42 Å². The van der Waals surface area contributed by atoms with Gasteiger partial charge in [-0.3, -0.25) is 4.79 Å². The Morgan fingerprint density at radius 2 is 2.10 bits per heavy atom. The highest BCUT2D eigenvalue weighted by Crippen LogP contribution is 2.24. The molecule has 1 amide bonds. The van der Waals surface area contributed by atoms with Gasteiger partial charge in [-0.2, -0.15) is 0 Å². The summed E-state index contributed by atoms with van der Waals surface area (Å²) in [6, 6.07) is 0. The maximum atomic E-state index is 12.2. The molecule has 2 rings (SSSR count). The van der Waals surface area contributed by atoms with E-state index in [9.17, 15) is 13.2 Å². The monoisotopic (exact) mass is 302 g/mol. The first kappa shape index (κ1) is 15.8. The van der Waals surface area contributed by atoms with E-state index in [1.54, 1.807) is 0 Å². The summed E-state index contributed by atoms with van der Waals surface area (Å²) in [6.07, 6.45) is 3.33. The van der Waals surface area contributed by atoms with E-state index in [0.29, 0.717) is 25.1 Å². The summed E-state index contributed by atoms with van der Waals surface area (Å²) in [6.45, 7) is 6.39. The van der Waals surface area contributed by atoms with Crippen LogP contribution >= 0.6 is 0 Å². The molecule has 0 aromatic rings. The minimum absolute atomic E-state index is 0.0508. The second-order valence-corrected chi connectivity index (χ2v) is 9.05. The number of nitrogens with zero attached hydrogens (tertiary/aromatic N) is 1. The zero-order valence-corrected chi connectivity index (χ0v) is 13.3. The molecule has 0 aliphatic carbocycles. The molecule has 1 atom stereocenters. The van der Waals surface area contributed by atoms with Crippen LogP contribution in [0, 0.1) is 0 Å². The van der Waals surface area contributed by atoms with Crippen molar-refractivity contribution in [1.29, 1.82) is 0 Å². The lowest BCUT2D eigenvalue weighted by molar-refractivity contribution is -0.133. The highest BCUT2D eigenvalue weighted by Gasteiger charge is 2.31. The third kappa shape index (κ3) is 3.95. The van der Waals surface area contributed by atoms with Crippen LogP contribution in [0.15, 0.2) is 0 Å². The van der Waals surface area contributed by atoms with E-state index in [1.165, 1.54) is 0 Å². The van der Waals surface area contributed by atoms with Crippen molar-refractivity contribution >= 4 is 15.7 Å². The van der Waals surface area contributed by atoms with Gasteiger partial charge in [0.1, 0.15) is 0 Å². The van der Waals surface area contributed by atoms with E-state index in [0.717, 1.165) is 32.4 Å². The van der Waals surface area contributed by atoms with Crippen LogP contribution in [0.5, 0.6) is 0 Å². The molecule has 0 aromatic heterocycles. The molecule has 0 bridgehead atoms. The van der Waals surface area contributed by atoms with Crippen LogP contribution in [0.25, 0.3) is 0 Å². The predicted molar refractivity (Wildman–Crippen MR) is 79.3 cm³/mol. The van der Waals surface area contributed by atoms with Gasteiger partial charge in [0.15, 0.2) is 9.84 Å². The van der Waals surface area contributed by atoms with Crippen LogP contribution < -0.4 is 5.32 Å². The Morgan fingerprint density at radius 1 is 1.35 bits per heavy atom. The standard InChI is InChI=1S/C14H26N2O3S/c1-14(2)11-16(9-8-15-14)13(17)7-6-12-5-3-4-10-20(12,18)19/h12,15H,3-11H2,1-2H3. The molecule has 2 aliphatic heterocycles. The van der Waals surface area contributed by atoms with Crippen LogP contribution in [-0.2, 0) is 14.6 Å². The molecule has 116 valence electrons. The van der Waals surface area contributed by atoms with Crippen molar-refractivity contribution in [2.24, 2.45) is 0 Å². The van der Waals surface area contributed by atoms with Crippen molar-refractivity contribution in [2.75, 3.05) is 25.4 Å². The van der Waals surface area contributed by atoms with Gasteiger partial charge in [-0.05, 0) is 33.1 Å². The first-order chi connectivity index (χ1) is 9.30. The van der Waals surface area contributed by atoms with Crippen LogP contribution in [-0.4, -0.2) is 55.4 Å². The maximum absolute atomic E-state index is 12.2. The molecule has 2 fully saturated rings. The number of carbonyl (C=O) groups is 1. The predicted octanol–water partition coefficient (Wildman–Crippen LogP) is 0.944. The Labute approximate surface area is 122 Å². The van der Waals surface area contributed by atoms with Gasteiger partial charge in [0.2, 0.25) is 5.91 Å². The quantitative estimate of drug-likeness (QED) is 0.843. The smallest absolute Gasteiger partial charge is 0.222 e. The molecule has 2 aliphatic rings. The fourth-order valence-corrected chi connectivity index (χ4v) is 5.08. The van der Waals surface area contributed by atoms with E-state index in [1.807, 2.05) is 4.90 Å². The molecule has 2 heterocycles. The normalized spacial score (nSPS) is 29.1. The lowest BCUT2D eigenvalue weighted by Gasteiger charge is -2.39. The zero-order chi connectivity index (χ0) is 14.8. The van der Waals surface area contributed by atoms with Gasteiger partial charge in [0.25, 0.3) is 0 Å². The van der Waals surface area contributed by atoms with Crippen molar-refractivity contribution in [2.45, 2.75) is 56.7 Å². The molecule has 6 heteroatoms. The molecule has 0 saturated carbocycles. The van der Waals surface area contributed by atoms with Crippen LogP contribution in [0.1, 0.15) is 46.0 Å². The molecular weight excluding hydrogens is 276 g/mol. The minimum Gasteiger partial charge on any atom is -0.340 e. The molecule has 0 aromatic carbocycles. The summed E-state index contributed by atoms with van der Waals surface area (Å²) in [7, 11) is -2.96. The van der Waals surface area contributed by atoms with E-state index < -0.39 is 9.84 Å². The molecule has 1 N–H and O–H groups in total. The first-order valence-corrected chi connectivity index (χ1v) is 9.26. The van der Waals surface area contributed by atoms with Gasteiger partial charge >= 0.3 is 0 Å². The van der Waals surface area contributed by atoms with Crippen molar-refractivity contribution in [3.8, 4) is 0 Å². The Balaban J connectivity index is 1.86. The molecule has 0 radical (unpaired) electrons. The Bertz CT molecular complexity index is 459. The molecular formula is C14H26N2O3S. The second-order valence-electron chi connectivity index (χ2n) is 6.65.